The van der Waals surface area contributed by atoms with E-state index in [1.165, 1.54) is 6.07 Å². The molecule has 0 amide bonds. The molecule has 4 atom stereocenters. The number of fused-ring (bicyclic) bond motifs is 2. The van der Waals surface area contributed by atoms with Gasteiger partial charge in [0.25, 0.3) is 0 Å². The normalized spacial score (nSPS) is 24.2. The highest BCUT2D eigenvalue weighted by Crippen LogP contribution is 2.44. The first kappa shape index (κ1) is 19.5. The van der Waals surface area contributed by atoms with Crippen molar-refractivity contribution in [1.29, 1.82) is 0 Å². The summed E-state index contributed by atoms with van der Waals surface area (Å²) in [5.41, 5.74) is 0.752. The Labute approximate surface area is 182 Å². The van der Waals surface area contributed by atoms with Gasteiger partial charge in [-0.3, -0.25) is 4.90 Å². The van der Waals surface area contributed by atoms with E-state index in [9.17, 15) is 9.50 Å². The van der Waals surface area contributed by atoms with Crippen LogP contribution in [0.2, 0.25) is 0 Å². The Hall–Kier alpha value is -2.42. The fourth-order valence-electron chi connectivity index (χ4n) is 4.75. The lowest BCUT2D eigenvalue weighted by Crippen LogP contribution is -2.46. The molecule has 0 spiro atoms. The number of aliphatic hydroxyl groups is 1. The molecule has 1 aliphatic heterocycles. The molecule has 3 aromatic rings. The summed E-state index contributed by atoms with van der Waals surface area (Å²) in [6, 6.07) is 10.6. The first-order valence-corrected chi connectivity index (χ1v) is 10.8. The molecule has 2 aromatic heterocycles. The topological polar surface area (TPSA) is 74.2 Å². The molecule has 2 fully saturated rings. The van der Waals surface area contributed by atoms with Crippen LogP contribution in [0, 0.1) is 11.7 Å². The number of nitrogens with zero attached hydrogens (tertiary/aromatic N) is 4. The van der Waals surface area contributed by atoms with Gasteiger partial charge in [-0.15, -0.1) is 0 Å². The largest absolute Gasteiger partial charge is 0.374 e. The van der Waals surface area contributed by atoms with E-state index in [4.69, 9.17) is 0 Å². The molecule has 3 heterocycles. The highest BCUT2D eigenvalue weighted by atomic mass is 79.9. The van der Waals surface area contributed by atoms with Crippen molar-refractivity contribution in [2.75, 3.05) is 11.9 Å². The number of nitrogens with one attached hydrogen (secondary N) is 1. The smallest absolute Gasteiger partial charge is 0.162 e. The maximum atomic E-state index is 14.7. The van der Waals surface area contributed by atoms with E-state index in [1.807, 2.05) is 12.1 Å². The van der Waals surface area contributed by atoms with E-state index in [-0.39, 0.29) is 23.5 Å². The molecule has 1 aromatic carbocycles. The van der Waals surface area contributed by atoms with E-state index in [1.54, 1.807) is 36.8 Å². The molecule has 2 aliphatic rings. The van der Waals surface area contributed by atoms with Gasteiger partial charge in [0.2, 0.25) is 0 Å². The number of halogens is 2. The van der Waals surface area contributed by atoms with Crippen molar-refractivity contribution in [3.63, 3.8) is 0 Å². The van der Waals surface area contributed by atoms with Crippen molar-refractivity contribution in [3.05, 3.63) is 70.8 Å². The predicted molar refractivity (Wildman–Crippen MR) is 115 cm³/mol. The van der Waals surface area contributed by atoms with Gasteiger partial charge in [-0.25, -0.2) is 19.3 Å². The molecule has 1 saturated carbocycles. The summed E-state index contributed by atoms with van der Waals surface area (Å²) < 4.78 is 15.7. The summed E-state index contributed by atoms with van der Waals surface area (Å²) in [6.45, 7) is 0.781. The molecule has 0 radical (unpaired) electrons. The van der Waals surface area contributed by atoms with Crippen molar-refractivity contribution in [3.8, 4) is 11.4 Å². The molecule has 2 N–H and O–H groups in total. The van der Waals surface area contributed by atoms with Gasteiger partial charge in [-0.2, -0.15) is 0 Å². The third-order valence-electron chi connectivity index (χ3n) is 6.01. The number of benzene rings is 1. The molecule has 2 bridgehead atoms. The lowest BCUT2D eigenvalue weighted by molar-refractivity contribution is -0.0211. The van der Waals surface area contributed by atoms with Gasteiger partial charge < -0.3 is 10.4 Å². The van der Waals surface area contributed by atoms with Crippen LogP contribution in [0.3, 0.4) is 0 Å². The average molecular weight is 470 g/mol. The van der Waals surface area contributed by atoms with Crippen LogP contribution in [0.5, 0.6) is 0 Å². The SMILES string of the molecule is OC(c1cccc(F)c1-c1ncccn1)N1CC2CC(Nc3ccc(Br)cn3)C1C2. The standard InChI is InChI=1S/C22H21BrFN5O/c23-14-5-6-19(27-11-14)28-17-9-13-10-18(17)29(12-13)22(30)15-3-1-4-16(24)20(15)21-25-7-2-8-26-21/h1-8,11,13,17-18,22,30H,9-10,12H2,(H,27,28). The minimum atomic E-state index is -0.933. The molecule has 6 nitrogen and oxygen atoms in total. The summed E-state index contributed by atoms with van der Waals surface area (Å²) in [4.78, 5) is 14.9. The summed E-state index contributed by atoms with van der Waals surface area (Å²) in [5.74, 6) is 1.15. The predicted octanol–water partition coefficient (Wildman–Crippen LogP) is 4.01. The molecule has 1 aliphatic carbocycles. The summed E-state index contributed by atoms with van der Waals surface area (Å²) in [7, 11) is 0. The quantitative estimate of drug-likeness (QED) is 0.587. The van der Waals surface area contributed by atoms with Crippen LogP contribution in [-0.4, -0.2) is 43.6 Å². The first-order chi connectivity index (χ1) is 14.6. The van der Waals surface area contributed by atoms with Crippen LogP contribution < -0.4 is 5.32 Å². The number of likely N-dealkylation sites (tertiary alicyclic amines) is 1. The summed E-state index contributed by atoms with van der Waals surface area (Å²) >= 11 is 3.40. The van der Waals surface area contributed by atoms with Crippen LogP contribution in [0.4, 0.5) is 10.2 Å². The van der Waals surface area contributed by atoms with Gasteiger partial charge in [0.05, 0.1) is 5.56 Å². The van der Waals surface area contributed by atoms with Crippen molar-refractivity contribution < 1.29 is 9.50 Å². The summed E-state index contributed by atoms with van der Waals surface area (Å²) in [6.07, 6.45) is 6.02. The number of hydrogen-bond donors (Lipinski definition) is 2. The highest BCUT2D eigenvalue weighted by molar-refractivity contribution is 9.10. The molecule has 8 heteroatoms. The second-order valence-corrected chi connectivity index (χ2v) is 8.78. The summed E-state index contributed by atoms with van der Waals surface area (Å²) in [5, 5.41) is 14.8. The Morgan fingerprint density at radius 2 is 1.93 bits per heavy atom. The number of hydrogen-bond acceptors (Lipinski definition) is 6. The molecular formula is C22H21BrFN5O. The van der Waals surface area contributed by atoms with Crippen molar-refractivity contribution in [1.82, 2.24) is 19.9 Å². The van der Waals surface area contributed by atoms with Gasteiger partial charge in [-0.1, -0.05) is 12.1 Å². The molecular weight excluding hydrogens is 449 g/mol. The third-order valence-corrected chi connectivity index (χ3v) is 6.48. The van der Waals surface area contributed by atoms with Gasteiger partial charge in [0.15, 0.2) is 5.82 Å². The van der Waals surface area contributed by atoms with Gasteiger partial charge >= 0.3 is 0 Å². The minimum Gasteiger partial charge on any atom is -0.374 e. The zero-order valence-electron chi connectivity index (χ0n) is 16.1. The Bertz CT molecular complexity index is 1040. The molecule has 1 saturated heterocycles. The number of piperidine rings is 1. The first-order valence-electron chi connectivity index (χ1n) is 9.98. The minimum absolute atomic E-state index is 0.142. The van der Waals surface area contributed by atoms with Crippen LogP contribution in [-0.2, 0) is 0 Å². The Morgan fingerprint density at radius 1 is 1.10 bits per heavy atom. The Balaban J connectivity index is 1.41. The average Bonchev–Trinajstić information content (AvgIpc) is 3.36. The molecule has 4 unspecified atom stereocenters. The van der Waals surface area contributed by atoms with E-state index in [2.05, 4.69) is 41.1 Å². The fourth-order valence-corrected chi connectivity index (χ4v) is 4.99. The maximum absolute atomic E-state index is 14.7. The van der Waals surface area contributed by atoms with E-state index >= 15 is 0 Å². The second-order valence-electron chi connectivity index (χ2n) is 7.86. The molecule has 5 rings (SSSR count). The van der Waals surface area contributed by atoms with Crippen molar-refractivity contribution in [2.45, 2.75) is 31.2 Å². The van der Waals surface area contributed by atoms with Gasteiger partial charge in [0, 0.05) is 47.3 Å². The van der Waals surface area contributed by atoms with E-state index in [0.717, 1.165) is 29.7 Å². The van der Waals surface area contributed by atoms with Crippen molar-refractivity contribution in [2.24, 2.45) is 5.92 Å². The zero-order chi connectivity index (χ0) is 20.7. The number of pyridine rings is 1. The second kappa shape index (κ2) is 8.02. The molecule has 154 valence electrons. The highest BCUT2D eigenvalue weighted by Gasteiger charge is 2.47. The maximum Gasteiger partial charge on any atom is 0.162 e. The Morgan fingerprint density at radius 3 is 2.67 bits per heavy atom. The van der Waals surface area contributed by atoms with E-state index in [0.29, 0.717) is 11.5 Å². The lowest BCUT2D eigenvalue weighted by Gasteiger charge is -2.37. The van der Waals surface area contributed by atoms with Crippen LogP contribution in [0.25, 0.3) is 11.4 Å². The van der Waals surface area contributed by atoms with Crippen molar-refractivity contribution >= 4 is 21.7 Å². The zero-order valence-corrected chi connectivity index (χ0v) is 17.7. The lowest BCUT2D eigenvalue weighted by atomic mass is 10.0. The number of aromatic nitrogens is 3. The fraction of sp³-hybridized carbons (Fsp3) is 0.318. The van der Waals surface area contributed by atoms with Crippen LogP contribution in [0.15, 0.2) is 59.5 Å². The monoisotopic (exact) mass is 469 g/mol. The van der Waals surface area contributed by atoms with Crippen LogP contribution in [0.1, 0.15) is 24.6 Å². The number of anilines is 1. The van der Waals surface area contributed by atoms with Gasteiger partial charge in [0.1, 0.15) is 17.9 Å². The Kier molecular flexibility index (Phi) is 5.22. The molecule has 30 heavy (non-hydrogen) atoms. The van der Waals surface area contributed by atoms with E-state index < -0.39 is 12.0 Å². The van der Waals surface area contributed by atoms with Crippen LogP contribution >= 0.6 is 15.9 Å². The van der Waals surface area contributed by atoms with Gasteiger partial charge in [-0.05, 0) is 59.0 Å². The number of aliphatic hydroxyl groups excluding tert-OH is 1. The third kappa shape index (κ3) is 3.59. The number of rotatable bonds is 5.